The van der Waals surface area contributed by atoms with E-state index in [0.717, 1.165) is 18.4 Å². The van der Waals surface area contributed by atoms with Crippen LogP contribution in [0.3, 0.4) is 0 Å². The molecule has 0 aromatic carbocycles. The van der Waals surface area contributed by atoms with Crippen molar-refractivity contribution in [3.05, 3.63) is 35.5 Å². The van der Waals surface area contributed by atoms with E-state index in [2.05, 4.69) is 26.0 Å². The summed E-state index contributed by atoms with van der Waals surface area (Å²) in [5, 5.41) is 0. The lowest BCUT2D eigenvalue weighted by Gasteiger charge is -2.54. The number of ether oxygens (including phenoxy) is 2. The van der Waals surface area contributed by atoms with Crippen LogP contribution in [0, 0.1) is 45.8 Å². The van der Waals surface area contributed by atoms with Gasteiger partial charge in [-0.25, -0.2) is 0 Å². The molecule has 6 nitrogen and oxygen atoms in total. The summed E-state index contributed by atoms with van der Waals surface area (Å²) in [5.41, 5.74) is -0.502. The first kappa shape index (κ1) is 23.9. The molecule has 0 amide bonds. The molecule has 2 saturated carbocycles. The van der Waals surface area contributed by atoms with Crippen LogP contribution in [-0.4, -0.2) is 35.7 Å². The van der Waals surface area contributed by atoms with Crippen LogP contribution in [-0.2, 0) is 28.7 Å². The second-order valence-electron chi connectivity index (χ2n) is 12.6. The molecule has 2 aliphatic heterocycles. The number of fused-ring (bicyclic) bond motifs is 2. The van der Waals surface area contributed by atoms with E-state index in [1.165, 1.54) is 6.92 Å². The Balaban J connectivity index is 1.49. The Hall–Kier alpha value is -2.50. The fourth-order valence-corrected chi connectivity index (χ4v) is 9.59. The normalized spacial score (nSPS) is 48.6. The van der Waals surface area contributed by atoms with Crippen molar-refractivity contribution in [3.8, 4) is 0 Å². The van der Waals surface area contributed by atoms with Crippen LogP contribution in [0.5, 0.6) is 0 Å². The van der Waals surface area contributed by atoms with E-state index in [-0.39, 0.29) is 65.3 Å². The van der Waals surface area contributed by atoms with Crippen LogP contribution in [0.4, 0.5) is 0 Å². The topological polar surface area (TPSA) is 86.7 Å². The molecular formula is C30H36O6. The lowest BCUT2D eigenvalue weighted by atomic mass is 9.46. The van der Waals surface area contributed by atoms with Gasteiger partial charge in [0.05, 0.1) is 5.41 Å². The molecule has 0 radical (unpaired) electrons. The van der Waals surface area contributed by atoms with E-state index in [1.807, 2.05) is 13.0 Å². The van der Waals surface area contributed by atoms with Crippen LogP contribution >= 0.6 is 0 Å². The van der Waals surface area contributed by atoms with Crippen molar-refractivity contribution in [2.45, 2.75) is 78.9 Å². The summed E-state index contributed by atoms with van der Waals surface area (Å²) in [7, 11) is 0. The number of ketones is 2. The number of hydrogen-bond acceptors (Lipinski definition) is 6. The molecule has 4 aliphatic carbocycles. The highest BCUT2D eigenvalue weighted by atomic mass is 16.6. The SMILES string of the molecule is CC(=O)/C=C/C1=CC[C@H]2[C@@H](C[C@@H]1C)OC(=O)[C@@]21C[C@@H]2C[C@@H]3C4CC(C)C2(C=C1C(C)=O)[C@]3(C)C(=O)O4. The standard InChI is InChI=1S/C30H36O6/c1-15-10-24-21(9-8-19(15)7-6-17(3)31)29(27(34)36-24)13-20-12-22-25-11-16(2)30(20,14-23(29)18(4)32)28(22,5)26(33)35-25/h6-8,14-16,20-22,24-25H,9-13H2,1-5H3/b7-6+/t15-,16?,20-,21-,22+,24+,25?,28-,29-,30?/m0/s1. The molecular weight excluding hydrogens is 456 g/mol. The Morgan fingerprint density at radius 1 is 1.00 bits per heavy atom. The van der Waals surface area contributed by atoms with Crippen molar-refractivity contribution in [3.63, 3.8) is 0 Å². The van der Waals surface area contributed by atoms with Gasteiger partial charge in [0.2, 0.25) is 0 Å². The highest BCUT2D eigenvalue weighted by Gasteiger charge is 2.79. The summed E-state index contributed by atoms with van der Waals surface area (Å²) in [5.74, 6) is -0.107. The smallest absolute Gasteiger partial charge is 0.317 e. The predicted octanol–water partition coefficient (Wildman–Crippen LogP) is 4.53. The molecule has 2 spiro atoms. The third kappa shape index (κ3) is 2.68. The Labute approximate surface area is 212 Å². The maximum Gasteiger partial charge on any atom is 0.317 e. The Bertz CT molecular complexity index is 1180. The zero-order valence-electron chi connectivity index (χ0n) is 21.8. The third-order valence-electron chi connectivity index (χ3n) is 11.2. The summed E-state index contributed by atoms with van der Waals surface area (Å²) in [4.78, 5) is 52.0. The monoisotopic (exact) mass is 492 g/mol. The van der Waals surface area contributed by atoms with E-state index in [0.29, 0.717) is 24.8 Å². The van der Waals surface area contributed by atoms with Gasteiger partial charge in [-0.05, 0) is 82.3 Å². The molecule has 6 rings (SSSR count). The second kappa shape index (κ2) is 7.52. The fraction of sp³-hybridized carbons (Fsp3) is 0.667. The average Bonchev–Trinajstić information content (AvgIpc) is 3.17. The first-order valence-electron chi connectivity index (χ1n) is 13.5. The molecule has 3 unspecified atom stereocenters. The molecule has 4 bridgehead atoms. The fourth-order valence-electron chi connectivity index (χ4n) is 9.59. The van der Waals surface area contributed by atoms with Gasteiger partial charge in [-0.15, -0.1) is 0 Å². The van der Waals surface area contributed by atoms with Crippen molar-refractivity contribution in [2.24, 2.45) is 45.8 Å². The van der Waals surface area contributed by atoms with Crippen LogP contribution in [0.25, 0.3) is 0 Å². The highest BCUT2D eigenvalue weighted by molar-refractivity contribution is 6.03. The first-order valence-corrected chi connectivity index (χ1v) is 13.5. The van der Waals surface area contributed by atoms with Gasteiger partial charge in [0.1, 0.15) is 17.6 Å². The zero-order valence-corrected chi connectivity index (χ0v) is 21.8. The second-order valence-corrected chi connectivity index (χ2v) is 12.6. The van der Waals surface area contributed by atoms with Gasteiger partial charge in [0.15, 0.2) is 11.6 Å². The maximum absolute atomic E-state index is 13.8. The van der Waals surface area contributed by atoms with Gasteiger partial charge < -0.3 is 9.47 Å². The van der Waals surface area contributed by atoms with Gasteiger partial charge in [-0.1, -0.05) is 32.1 Å². The van der Waals surface area contributed by atoms with Crippen LogP contribution < -0.4 is 0 Å². The van der Waals surface area contributed by atoms with Crippen molar-refractivity contribution in [1.29, 1.82) is 0 Å². The quantitative estimate of drug-likeness (QED) is 0.425. The molecule has 36 heavy (non-hydrogen) atoms. The summed E-state index contributed by atoms with van der Waals surface area (Å²) in [6, 6.07) is 0. The van der Waals surface area contributed by atoms with E-state index in [1.54, 1.807) is 13.0 Å². The summed E-state index contributed by atoms with van der Waals surface area (Å²) in [6.07, 6.45) is 10.8. The van der Waals surface area contributed by atoms with Gasteiger partial charge in [-0.3, -0.25) is 19.2 Å². The molecule has 0 N–H and O–H groups in total. The zero-order chi connectivity index (χ0) is 25.8. The van der Waals surface area contributed by atoms with Crippen molar-refractivity contribution < 1.29 is 28.7 Å². The van der Waals surface area contributed by atoms with E-state index in [9.17, 15) is 19.2 Å². The average molecular weight is 493 g/mol. The molecule has 0 aromatic heterocycles. The molecule has 2 saturated heterocycles. The minimum atomic E-state index is -0.987. The van der Waals surface area contributed by atoms with Gasteiger partial charge in [0, 0.05) is 22.8 Å². The number of rotatable bonds is 3. The minimum Gasteiger partial charge on any atom is -0.462 e. The van der Waals surface area contributed by atoms with E-state index < -0.39 is 16.2 Å². The Kier molecular flexibility index (Phi) is 4.98. The number of carbonyl (C=O) groups excluding carboxylic acids is 4. The maximum atomic E-state index is 13.8. The Morgan fingerprint density at radius 3 is 2.39 bits per heavy atom. The van der Waals surface area contributed by atoms with Crippen LogP contribution in [0.15, 0.2) is 35.5 Å². The molecule has 2 heterocycles. The summed E-state index contributed by atoms with van der Waals surface area (Å²) in [6.45, 7) is 9.42. The number of hydrogen-bond donors (Lipinski definition) is 0. The minimum absolute atomic E-state index is 0.00221. The predicted molar refractivity (Wildman–Crippen MR) is 131 cm³/mol. The molecule has 6 heteroatoms. The highest BCUT2D eigenvalue weighted by Crippen LogP contribution is 2.76. The number of esters is 2. The van der Waals surface area contributed by atoms with Crippen molar-refractivity contribution in [2.75, 3.05) is 0 Å². The first-order chi connectivity index (χ1) is 17.0. The van der Waals surface area contributed by atoms with E-state index >= 15 is 0 Å². The number of carbonyl (C=O) groups is 4. The van der Waals surface area contributed by atoms with E-state index in [4.69, 9.17) is 9.47 Å². The third-order valence-corrected chi connectivity index (χ3v) is 11.2. The molecule has 0 aromatic rings. The van der Waals surface area contributed by atoms with Crippen molar-refractivity contribution >= 4 is 23.5 Å². The number of allylic oxidation sites excluding steroid dienone is 5. The molecule has 4 fully saturated rings. The van der Waals surface area contributed by atoms with Crippen LogP contribution in [0.2, 0.25) is 0 Å². The van der Waals surface area contributed by atoms with Crippen LogP contribution in [0.1, 0.15) is 66.7 Å². The molecule has 10 atom stereocenters. The van der Waals surface area contributed by atoms with Crippen molar-refractivity contribution in [1.82, 2.24) is 0 Å². The van der Waals surface area contributed by atoms with Gasteiger partial charge in [0.25, 0.3) is 0 Å². The Morgan fingerprint density at radius 2 is 1.69 bits per heavy atom. The van der Waals surface area contributed by atoms with Gasteiger partial charge >= 0.3 is 11.9 Å². The molecule has 192 valence electrons. The van der Waals surface area contributed by atoms with Gasteiger partial charge in [-0.2, -0.15) is 0 Å². The molecule has 6 aliphatic rings. The largest absolute Gasteiger partial charge is 0.462 e. The lowest BCUT2D eigenvalue weighted by molar-refractivity contribution is -0.154. The summed E-state index contributed by atoms with van der Waals surface area (Å²) >= 11 is 0. The number of Topliss-reactive ketones (excluding diaryl/α,β-unsaturated/α-hetero) is 1. The lowest BCUT2D eigenvalue weighted by Crippen LogP contribution is -2.55. The summed E-state index contributed by atoms with van der Waals surface area (Å²) < 4.78 is 12.0.